The second kappa shape index (κ2) is 12.9. The minimum absolute atomic E-state index is 0.0498. The molecule has 3 aliphatic carbocycles. The molecule has 0 amide bonds. The van der Waals surface area contributed by atoms with Crippen molar-refractivity contribution in [1.29, 1.82) is 0 Å². The highest BCUT2D eigenvalue weighted by molar-refractivity contribution is 6.74. The Morgan fingerprint density at radius 3 is 2.38 bits per heavy atom. The minimum atomic E-state index is -1.95. The van der Waals surface area contributed by atoms with Crippen LogP contribution in [0, 0.1) is 35.0 Å². The Labute approximate surface area is 248 Å². The van der Waals surface area contributed by atoms with E-state index in [-0.39, 0.29) is 23.2 Å². The Balaban J connectivity index is 1.84. The Kier molecular flexibility index (Phi) is 10.6. The molecule has 0 aromatic rings. The Hall–Kier alpha value is -1.39. The van der Waals surface area contributed by atoms with E-state index in [1.165, 1.54) is 44.6 Å². The Bertz CT molecular complexity index is 1010. The first-order chi connectivity index (χ1) is 18.5. The van der Waals surface area contributed by atoms with E-state index >= 15 is 0 Å². The van der Waals surface area contributed by atoms with E-state index in [0.29, 0.717) is 35.5 Å². The van der Waals surface area contributed by atoms with Crippen molar-refractivity contribution in [1.82, 2.24) is 0 Å². The molecule has 4 heteroatoms. The maximum absolute atomic E-state index is 12.0. The van der Waals surface area contributed by atoms with Gasteiger partial charge in [-0.2, -0.15) is 0 Å². The number of esters is 1. The van der Waals surface area contributed by atoms with Gasteiger partial charge < -0.3 is 9.16 Å². The van der Waals surface area contributed by atoms with Crippen LogP contribution in [0.3, 0.4) is 0 Å². The summed E-state index contributed by atoms with van der Waals surface area (Å²) in [7, 11) is -1.95. The van der Waals surface area contributed by atoms with Gasteiger partial charge in [-0.1, -0.05) is 91.8 Å². The minimum Gasteiger partial charge on any atom is -0.458 e. The van der Waals surface area contributed by atoms with Crippen LogP contribution in [0.1, 0.15) is 107 Å². The Morgan fingerprint density at radius 1 is 1.10 bits per heavy atom. The highest BCUT2D eigenvalue weighted by Gasteiger charge is 2.50. The number of hydrogen-bond acceptors (Lipinski definition) is 3. The second-order valence-electron chi connectivity index (χ2n) is 15.4. The zero-order chi connectivity index (χ0) is 30.0. The highest BCUT2D eigenvalue weighted by Crippen LogP contribution is 2.59. The molecule has 3 saturated carbocycles. The molecule has 0 bridgehead atoms. The number of allylic oxidation sites excluding steroid dienone is 5. The molecule has 7 atom stereocenters. The number of ether oxygens (including phenoxy) is 1. The van der Waals surface area contributed by atoms with E-state index in [1.54, 1.807) is 5.57 Å². The highest BCUT2D eigenvalue weighted by atomic mass is 28.4. The molecule has 0 N–H and O–H groups in total. The number of carbonyl (C=O) groups excluding carboxylic acids is 1. The fourth-order valence-corrected chi connectivity index (χ4v) is 8.65. The van der Waals surface area contributed by atoms with Crippen molar-refractivity contribution in [2.45, 2.75) is 138 Å². The van der Waals surface area contributed by atoms with Crippen molar-refractivity contribution >= 4 is 14.3 Å². The van der Waals surface area contributed by atoms with Crippen LogP contribution >= 0.6 is 0 Å². The molecule has 0 aliphatic heterocycles. The van der Waals surface area contributed by atoms with Crippen LogP contribution in [0.25, 0.3) is 0 Å². The monoisotopic (exact) mass is 568 g/mol. The molecule has 3 aliphatic rings. The summed E-state index contributed by atoms with van der Waals surface area (Å²) >= 11 is 0. The van der Waals surface area contributed by atoms with Crippen molar-refractivity contribution in [3.63, 3.8) is 0 Å². The van der Waals surface area contributed by atoms with Crippen molar-refractivity contribution in [2.75, 3.05) is 0 Å². The number of rotatable bonds is 8. The van der Waals surface area contributed by atoms with Crippen LogP contribution < -0.4 is 0 Å². The number of carbonyl (C=O) groups is 1. The van der Waals surface area contributed by atoms with Crippen LogP contribution in [0.4, 0.5) is 0 Å². The van der Waals surface area contributed by atoms with Gasteiger partial charge in [-0.3, -0.25) is 4.79 Å². The lowest BCUT2D eigenvalue weighted by Crippen LogP contribution is -2.46. The largest absolute Gasteiger partial charge is 0.458 e. The summed E-state index contributed by atoms with van der Waals surface area (Å²) in [4.78, 5) is 12.0. The quantitative estimate of drug-likeness (QED) is 0.166. The standard InChI is InChI=1S/C36H60O3Si/c1-24(2)25(3)15-16-26(4)32-19-20-33-29(14-13-21-36(32,33)10)17-18-30-22-31(39-40(11,12)35(7,8)9)23-34(27(30)5)38-28(6)37/h15-18,24-26,31-34H,5,13-14,19-23H2,1-4,6-12H3/b16-15+,29-17+,30-18+/t25-,26+,31+,32?,33-,34-,36+/m0/s1. The molecule has 226 valence electrons. The lowest BCUT2D eigenvalue weighted by Gasteiger charge is -2.44. The van der Waals surface area contributed by atoms with E-state index in [9.17, 15) is 4.79 Å². The third-order valence-corrected chi connectivity index (χ3v) is 15.8. The molecule has 0 heterocycles. The molecule has 3 fully saturated rings. The molecule has 3 rings (SSSR count). The lowest BCUT2D eigenvalue weighted by molar-refractivity contribution is -0.145. The molecule has 40 heavy (non-hydrogen) atoms. The summed E-state index contributed by atoms with van der Waals surface area (Å²) in [6.45, 7) is 29.4. The lowest BCUT2D eigenvalue weighted by atomic mass is 9.61. The van der Waals surface area contributed by atoms with E-state index in [4.69, 9.17) is 9.16 Å². The molecule has 0 saturated heterocycles. The molecule has 1 unspecified atom stereocenters. The first-order valence-electron chi connectivity index (χ1n) is 16.1. The van der Waals surface area contributed by atoms with E-state index in [2.05, 4.69) is 99.4 Å². The van der Waals surface area contributed by atoms with Gasteiger partial charge in [-0.25, -0.2) is 0 Å². The molecule has 0 spiro atoms. The smallest absolute Gasteiger partial charge is 0.303 e. The Morgan fingerprint density at radius 2 is 1.77 bits per heavy atom. The van der Waals surface area contributed by atoms with Gasteiger partial charge in [0, 0.05) is 13.3 Å². The van der Waals surface area contributed by atoms with Crippen LogP contribution in [-0.2, 0) is 14.0 Å². The normalized spacial score (nSPS) is 33.5. The third-order valence-electron chi connectivity index (χ3n) is 11.2. The van der Waals surface area contributed by atoms with Crippen molar-refractivity contribution in [2.24, 2.45) is 35.0 Å². The fourth-order valence-electron chi connectivity index (χ4n) is 7.28. The summed E-state index contributed by atoms with van der Waals surface area (Å²) in [5, 5.41) is 0.134. The third kappa shape index (κ3) is 7.51. The summed E-state index contributed by atoms with van der Waals surface area (Å²) < 4.78 is 12.6. The van der Waals surface area contributed by atoms with Gasteiger partial charge in [0.25, 0.3) is 0 Å². The second-order valence-corrected chi connectivity index (χ2v) is 20.2. The summed E-state index contributed by atoms with van der Waals surface area (Å²) in [6.07, 6.45) is 17.4. The zero-order valence-corrected chi connectivity index (χ0v) is 28.7. The summed E-state index contributed by atoms with van der Waals surface area (Å²) in [5.41, 5.74) is 4.11. The number of fused-ring (bicyclic) bond motifs is 1. The van der Waals surface area contributed by atoms with Crippen LogP contribution in [0.15, 0.2) is 47.6 Å². The molecule has 0 aromatic heterocycles. The average Bonchev–Trinajstić information content (AvgIpc) is 3.19. The first kappa shape index (κ1) is 33.1. The number of hydrogen-bond donors (Lipinski definition) is 0. The maximum atomic E-state index is 12.0. The fraction of sp³-hybridized carbons (Fsp3) is 0.750. The average molecular weight is 569 g/mol. The van der Waals surface area contributed by atoms with Crippen molar-refractivity contribution < 1.29 is 14.0 Å². The molecule has 0 aromatic carbocycles. The summed E-state index contributed by atoms with van der Waals surface area (Å²) in [6, 6.07) is 0. The van der Waals surface area contributed by atoms with E-state index in [1.807, 2.05) is 0 Å². The van der Waals surface area contributed by atoms with Gasteiger partial charge in [0.05, 0.1) is 6.10 Å². The van der Waals surface area contributed by atoms with Gasteiger partial charge in [0.15, 0.2) is 8.32 Å². The predicted molar refractivity (Wildman–Crippen MR) is 173 cm³/mol. The maximum Gasteiger partial charge on any atom is 0.303 e. The molecular weight excluding hydrogens is 508 g/mol. The molecular formula is C36H60O3Si. The van der Waals surface area contributed by atoms with Crippen molar-refractivity contribution in [3.05, 3.63) is 47.6 Å². The van der Waals surface area contributed by atoms with Gasteiger partial charge in [0.1, 0.15) is 6.10 Å². The van der Waals surface area contributed by atoms with Gasteiger partial charge >= 0.3 is 5.97 Å². The van der Waals surface area contributed by atoms with Gasteiger partial charge in [0.2, 0.25) is 0 Å². The first-order valence-corrected chi connectivity index (χ1v) is 19.0. The van der Waals surface area contributed by atoms with Gasteiger partial charge in [-0.05, 0) is 103 Å². The van der Waals surface area contributed by atoms with E-state index < -0.39 is 8.32 Å². The van der Waals surface area contributed by atoms with Crippen LogP contribution in [-0.4, -0.2) is 26.5 Å². The van der Waals surface area contributed by atoms with Crippen molar-refractivity contribution in [3.8, 4) is 0 Å². The van der Waals surface area contributed by atoms with Crippen LogP contribution in [0.5, 0.6) is 0 Å². The molecule has 0 radical (unpaired) electrons. The SMILES string of the molecule is C=C1/C(=C/C=C2\CCC[C@]3(C)C([C@H](C)/C=C/[C@H](C)C(C)C)CC[C@@H]23)C[C@@H](O[Si](C)(C)C(C)(C)C)C[C@@H]1OC(C)=O. The summed E-state index contributed by atoms with van der Waals surface area (Å²) in [5.74, 6) is 3.08. The predicted octanol–water partition coefficient (Wildman–Crippen LogP) is 10.2. The van der Waals surface area contributed by atoms with Crippen LogP contribution in [0.2, 0.25) is 18.1 Å². The van der Waals surface area contributed by atoms with Gasteiger partial charge in [-0.15, -0.1) is 0 Å². The topological polar surface area (TPSA) is 35.5 Å². The zero-order valence-electron chi connectivity index (χ0n) is 27.7. The molecule has 3 nitrogen and oxygen atoms in total. The van der Waals surface area contributed by atoms with E-state index in [0.717, 1.165) is 17.9 Å².